The van der Waals surface area contributed by atoms with Crippen molar-refractivity contribution in [2.75, 3.05) is 6.61 Å². The normalized spacial score (nSPS) is 15.1. The number of aliphatic hydroxyl groups excluding tert-OH is 1. The van der Waals surface area contributed by atoms with E-state index in [1.807, 2.05) is 18.7 Å². The highest BCUT2D eigenvalue weighted by Crippen LogP contribution is 2.16. The lowest BCUT2D eigenvalue weighted by molar-refractivity contribution is -0.0567. The molecular formula is C14H26N2O2. The molecule has 0 aliphatic carbocycles. The molecule has 1 rings (SSSR count). The lowest BCUT2D eigenvalue weighted by Gasteiger charge is -2.26. The maximum atomic E-state index is 10.3. The number of aromatic nitrogens is 2. The highest BCUT2D eigenvalue weighted by Gasteiger charge is 2.24. The van der Waals surface area contributed by atoms with Gasteiger partial charge in [-0.15, -0.1) is 0 Å². The highest BCUT2D eigenvalue weighted by atomic mass is 16.5. The van der Waals surface area contributed by atoms with Crippen LogP contribution in [0.3, 0.4) is 0 Å². The Morgan fingerprint density at radius 3 is 2.50 bits per heavy atom. The lowest BCUT2D eigenvalue weighted by atomic mass is 9.98. The van der Waals surface area contributed by atoms with Gasteiger partial charge in [0.2, 0.25) is 0 Å². The molecule has 0 aliphatic rings. The predicted octanol–water partition coefficient (Wildman–Crippen LogP) is 1.95. The summed E-state index contributed by atoms with van der Waals surface area (Å²) in [5.41, 5.74) is 2.13. The summed E-state index contributed by atoms with van der Waals surface area (Å²) in [6.45, 7) is 8.82. The van der Waals surface area contributed by atoms with E-state index in [1.165, 1.54) is 0 Å². The Morgan fingerprint density at radius 1 is 1.39 bits per heavy atom. The molecule has 0 radical (unpaired) electrons. The Morgan fingerprint density at radius 2 is 2.06 bits per heavy atom. The number of hydrogen-bond donors (Lipinski definition) is 1. The van der Waals surface area contributed by atoms with Crippen LogP contribution in [0.25, 0.3) is 0 Å². The van der Waals surface area contributed by atoms with E-state index in [0.717, 1.165) is 17.8 Å². The molecule has 0 aromatic carbocycles. The van der Waals surface area contributed by atoms with Gasteiger partial charge in [0.25, 0.3) is 0 Å². The minimum Gasteiger partial charge on any atom is -0.390 e. The van der Waals surface area contributed by atoms with Gasteiger partial charge in [-0.2, -0.15) is 5.10 Å². The summed E-state index contributed by atoms with van der Waals surface area (Å²) in [5, 5.41) is 14.7. The van der Waals surface area contributed by atoms with Gasteiger partial charge in [0.1, 0.15) is 0 Å². The molecule has 0 bridgehead atoms. The van der Waals surface area contributed by atoms with Gasteiger partial charge in [-0.1, -0.05) is 20.8 Å². The van der Waals surface area contributed by atoms with Crippen molar-refractivity contribution in [2.45, 2.75) is 52.7 Å². The van der Waals surface area contributed by atoms with E-state index in [4.69, 9.17) is 4.74 Å². The van der Waals surface area contributed by atoms with Crippen LogP contribution in [0.1, 0.15) is 39.1 Å². The summed E-state index contributed by atoms with van der Waals surface area (Å²) in [7, 11) is 1.92. The maximum Gasteiger partial charge on any atom is 0.0860 e. The molecule has 4 nitrogen and oxygen atoms in total. The summed E-state index contributed by atoms with van der Waals surface area (Å²) in [6.07, 6.45) is 0.912. The summed E-state index contributed by atoms with van der Waals surface area (Å²) < 4.78 is 7.48. The van der Waals surface area contributed by atoms with Gasteiger partial charge < -0.3 is 9.84 Å². The van der Waals surface area contributed by atoms with Gasteiger partial charge in [-0.25, -0.2) is 0 Å². The highest BCUT2D eigenvalue weighted by molar-refractivity contribution is 5.11. The smallest absolute Gasteiger partial charge is 0.0860 e. The van der Waals surface area contributed by atoms with E-state index in [-0.39, 0.29) is 6.10 Å². The third kappa shape index (κ3) is 3.82. The van der Waals surface area contributed by atoms with Gasteiger partial charge >= 0.3 is 0 Å². The zero-order valence-corrected chi connectivity index (χ0v) is 12.2. The average molecular weight is 254 g/mol. The van der Waals surface area contributed by atoms with Gasteiger partial charge in [-0.3, -0.25) is 4.68 Å². The Kier molecular flexibility index (Phi) is 5.82. The van der Waals surface area contributed by atoms with Crippen LogP contribution < -0.4 is 0 Å². The Hall–Kier alpha value is -0.870. The fourth-order valence-electron chi connectivity index (χ4n) is 2.21. The van der Waals surface area contributed by atoms with Crippen molar-refractivity contribution in [3.8, 4) is 0 Å². The molecule has 2 atom stereocenters. The fraction of sp³-hybridized carbons (Fsp3) is 0.786. The number of rotatable bonds is 7. The van der Waals surface area contributed by atoms with Crippen LogP contribution in [0.5, 0.6) is 0 Å². The summed E-state index contributed by atoms with van der Waals surface area (Å²) in [6, 6.07) is 2.06. The molecule has 4 heteroatoms. The first-order valence-corrected chi connectivity index (χ1v) is 6.81. The standard InChI is InChI=1S/C14H26N2O2/c1-6-11-8-12(16(5)15-11)9-13(17)14(10(3)4)18-7-2/h8,10,13-14,17H,6-7,9H2,1-5H3. The molecule has 0 saturated carbocycles. The van der Waals surface area contributed by atoms with E-state index in [0.29, 0.717) is 18.9 Å². The van der Waals surface area contributed by atoms with Gasteiger partial charge in [0, 0.05) is 25.8 Å². The third-order valence-electron chi connectivity index (χ3n) is 3.20. The molecular weight excluding hydrogens is 228 g/mol. The van der Waals surface area contributed by atoms with Gasteiger partial charge in [0.05, 0.1) is 17.9 Å². The summed E-state index contributed by atoms with van der Waals surface area (Å²) in [5.74, 6) is 0.304. The predicted molar refractivity (Wildman–Crippen MR) is 72.5 cm³/mol. The zero-order valence-electron chi connectivity index (χ0n) is 12.2. The van der Waals surface area contributed by atoms with E-state index in [1.54, 1.807) is 0 Å². The first kappa shape index (κ1) is 15.2. The number of nitrogens with zero attached hydrogens (tertiary/aromatic N) is 2. The van der Waals surface area contributed by atoms with E-state index in [9.17, 15) is 5.11 Å². The SMILES string of the molecule is CCOC(C(C)C)C(O)Cc1cc(CC)nn1C. The van der Waals surface area contributed by atoms with Crippen LogP contribution >= 0.6 is 0 Å². The van der Waals surface area contributed by atoms with Crippen molar-refractivity contribution in [1.82, 2.24) is 9.78 Å². The Labute approximate surface area is 110 Å². The van der Waals surface area contributed by atoms with Crippen LogP contribution in [0, 0.1) is 5.92 Å². The average Bonchev–Trinajstić information content (AvgIpc) is 2.66. The van der Waals surface area contributed by atoms with Crippen LogP contribution in [0.4, 0.5) is 0 Å². The van der Waals surface area contributed by atoms with Crippen molar-refractivity contribution in [3.05, 3.63) is 17.5 Å². The molecule has 1 heterocycles. The van der Waals surface area contributed by atoms with E-state index in [2.05, 4.69) is 31.9 Å². The minimum absolute atomic E-state index is 0.116. The largest absolute Gasteiger partial charge is 0.390 e. The number of hydrogen-bond acceptors (Lipinski definition) is 3. The second-order valence-electron chi connectivity index (χ2n) is 5.04. The molecule has 18 heavy (non-hydrogen) atoms. The van der Waals surface area contributed by atoms with Crippen molar-refractivity contribution >= 4 is 0 Å². The van der Waals surface area contributed by atoms with Gasteiger partial charge in [0.15, 0.2) is 0 Å². The van der Waals surface area contributed by atoms with Crippen molar-refractivity contribution < 1.29 is 9.84 Å². The lowest BCUT2D eigenvalue weighted by Crippen LogP contribution is -2.35. The zero-order chi connectivity index (χ0) is 13.7. The van der Waals surface area contributed by atoms with Crippen LogP contribution in [-0.4, -0.2) is 33.7 Å². The van der Waals surface area contributed by atoms with Crippen molar-refractivity contribution in [2.24, 2.45) is 13.0 Å². The quantitative estimate of drug-likeness (QED) is 0.809. The third-order valence-corrected chi connectivity index (χ3v) is 3.20. The number of aryl methyl sites for hydroxylation is 2. The van der Waals surface area contributed by atoms with Crippen LogP contribution in [-0.2, 0) is 24.6 Å². The molecule has 2 unspecified atom stereocenters. The summed E-state index contributed by atoms with van der Waals surface area (Å²) >= 11 is 0. The van der Waals surface area contributed by atoms with Gasteiger partial charge in [-0.05, 0) is 25.3 Å². The summed E-state index contributed by atoms with van der Waals surface area (Å²) in [4.78, 5) is 0. The number of aliphatic hydroxyl groups is 1. The molecule has 0 aliphatic heterocycles. The van der Waals surface area contributed by atoms with Crippen LogP contribution in [0.15, 0.2) is 6.07 Å². The first-order valence-electron chi connectivity index (χ1n) is 6.81. The monoisotopic (exact) mass is 254 g/mol. The first-order chi connectivity index (χ1) is 8.49. The van der Waals surface area contributed by atoms with E-state index < -0.39 is 6.10 Å². The maximum absolute atomic E-state index is 10.3. The fourth-order valence-corrected chi connectivity index (χ4v) is 2.21. The second-order valence-corrected chi connectivity index (χ2v) is 5.04. The molecule has 0 fully saturated rings. The van der Waals surface area contributed by atoms with Crippen molar-refractivity contribution in [3.63, 3.8) is 0 Å². The van der Waals surface area contributed by atoms with E-state index >= 15 is 0 Å². The second kappa shape index (κ2) is 6.90. The molecule has 1 aromatic rings. The molecule has 0 saturated heterocycles. The molecule has 0 amide bonds. The molecule has 104 valence electrons. The Bertz CT molecular complexity index is 361. The molecule has 0 spiro atoms. The molecule has 1 aromatic heterocycles. The van der Waals surface area contributed by atoms with Crippen LogP contribution in [0.2, 0.25) is 0 Å². The molecule has 1 N–H and O–H groups in total. The Balaban J connectivity index is 2.72. The minimum atomic E-state index is -0.481. The van der Waals surface area contributed by atoms with Crippen molar-refractivity contribution in [1.29, 1.82) is 0 Å². The number of ether oxygens (including phenoxy) is 1. The topological polar surface area (TPSA) is 47.3 Å².